The lowest BCUT2D eigenvalue weighted by Crippen LogP contribution is -2.01. The molecule has 0 aromatic carbocycles. The summed E-state index contributed by atoms with van der Waals surface area (Å²) in [5.74, 6) is 1.26. The largest absolute Gasteiger partial charge is 0.189 e. The van der Waals surface area contributed by atoms with Crippen LogP contribution in [0.5, 0.6) is 0 Å². The molecule has 0 aliphatic carbocycles. The Balaban J connectivity index is 3.76. The molecule has 0 nitrogen and oxygen atoms in total. The van der Waals surface area contributed by atoms with Gasteiger partial charge in [0.1, 0.15) is 0 Å². The van der Waals surface area contributed by atoms with Crippen molar-refractivity contribution in [3.05, 3.63) is 12.2 Å². The molecule has 0 fully saturated rings. The third-order valence-electron chi connectivity index (χ3n) is 1.61. The van der Waals surface area contributed by atoms with E-state index in [4.69, 9.17) is 0 Å². The van der Waals surface area contributed by atoms with Gasteiger partial charge in [-0.15, -0.1) is 0 Å². The Bertz CT molecular complexity index is 118. The van der Waals surface area contributed by atoms with Gasteiger partial charge >= 0.3 is 0 Å². The number of rotatable bonds is 4. The second-order valence-corrected chi connectivity index (χ2v) is 5.86. The Hall–Kier alpha value is 0.0200. The van der Waals surface area contributed by atoms with Crippen molar-refractivity contribution in [3.63, 3.8) is 0 Å². The summed E-state index contributed by atoms with van der Waals surface area (Å²) in [4.78, 5) is 0. The average molecular weight is 164 g/mol. The molecular formula is C8H17FS. The molecule has 0 aromatic rings. The summed E-state index contributed by atoms with van der Waals surface area (Å²) < 4.78 is 13.3. The molecule has 0 spiro atoms. The van der Waals surface area contributed by atoms with E-state index in [0.29, 0.717) is 11.5 Å². The van der Waals surface area contributed by atoms with Crippen LogP contribution < -0.4 is 0 Å². The van der Waals surface area contributed by atoms with Gasteiger partial charge in [-0.2, -0.15) is 3.89 Å². The van der Waals surface area contributed by atoms with E-state index in [9.17, 15) is 3.89 Å². The highest BCUT2D eigenvalue weighted by atomic mass is 32.3. The summed E-state index contributed by atoms with van der Waals surface area (Å²) in [5.41, 5.74) is 1.04. The zero-order chi connectivity index (χ0) is 8.20. The maximum absolute atomic E-state index is 13.3. The third-order valence-corrected chi connectivity index (χ3v) is 3.82. The lowest BCUT2D eigenvalue weighted by atomic mass is 10.3. The fraction of sp³-hybridized carbons (Fsp3) is 0.750. The molecule has 62 valence electrons. The van der Waals surface area contributed by atoms with Gasteiger partial charge in [0.2, 0.25) is 0 Å². The summed E-state index contributed by atoms with van der Waals surface area (Å²) in [5, 5.41) is 0. The first-order valence-corrected chi connectivity index (χ1v) is 5.89. The Morgan fingerprint density at radius 3 is 2.30 bits per heavy atom. The molecule has 2 heteroatoms. The molecule has 0 rings (SSSR count). The van der Waals surface area contributed by atoms with Crippen molar-refractivity contribution in [2.75, 3.05) is 17.8 Å². The SMILES string of the molecule is C=C(CC)CS(C)(F)CC. The molecule has 1 unspecified atom stereocenters. The standard InChI is InChI=1S/C8H17FS/c1-5-8(3)7-10(4,9)6-2/h3,5-7H2,1-2,4H3. The Labute approximate surface area is 65.1 Å². The first-order chi connectivity index (χ1) is 4.52. The van der Waals surface area contributed by atoms with Crippen LogP contribution in [0.4, 0.5) is 3.89 Å². The fourth-order valence-corrected chi connectivity index (χ4v) is 1.89. The Morgan fingerprint density at radius 2 is 2.00 bits per heavy atom. The predicted octanol–water partition coefficient (Wildman–Crippen LogP) is 3.29. The minimum atomic E-state index is -1.83. The average Bonchev–Trinajstić information content (AvgIpc) is 1.87. The Kier molecular flexibility index (Phi) is 4.02. The van der Waals surface area contributed by atoms with E-state index < -0.39 is 10.4 Å². The third kappa shape index (κ3) is 3.94. The first-order valence-electron chi connectivity index (χ1n) is 3.61. The van der Waals surface area contributed by atoms with Gasteiger partial charge in [-0.25, -0.2) is 0 Å². The molecular weight excluding hydrogens is 147 g/mol. The van der Waals surface area contributed by atoms with Gasteiger partial charge in [0.05, 0.1) is 0 Å². The van der Waals surface area contributed by atoms with Crippen molar-refractivity contribution < 1.29 is 3.89 Å². The highest BCUT2D eigenvalue weighted by molar-refractivity contribution is 8.29. The van der Waals surface area contributed by atoms with Gasteiger partial charge in [-0.1, -0.05) is 36.4 Å². The Morgan fingerprint density at radius 1 is 1.50 bits per heavy atom. The summed E-state index contributed by atoms with van der Waals surface area (Å²) >= 11 is 0. The summed E-state index contributed by atoms with van der Waals surface area (Å²) in [7, 11) is -1.83. The van der Waals surface area contributed by atoms with Gasteiger partial charge in [0.25, 0.3) is 0 Å². The van der Waals surface area contributed by atoms with E-state index in [1.165, 1.54) is 0 Å². The monoisotopic (exact) mass is 164 g/mol. The molecule has 1 atom stereocenters. The van der Waals surface area contributed by atoms with Crippen LogP contribution in [0.2, 0.25) is 0 Å². The van der Waals surface area contributed by atoms with Crippen molar-refractivity contribution in [2.24, 2.45) is 0 Å². The number of hydrogen-bond acceptors (Lipinski definition) is 0. The molecule has 0 aromatic heterocycles. The van der Waals surface area contributed by atoms with Gasteiger partial charge < -0.3 is 0 Å². The molecule has 0 radical (unpaired) electrons. The summed E-state index contributed by atoms with van der Waals surface area (Å²) in [6.07, 6.45) is 2.63. The van der Waals surface area contributed by atoms with Gasteiger partial charge in [0, 0.05) is 11.5 Å². The van der Waals surface area contributed by atoms with Crippen molar-refractivity contribution >= 4 is 10.4 Å². The molecule has 0 saturated heterocycles. The zero-order valence-electron chi connectivity index (χ0n) is 7.11. The minimum Gasteiger partial charge on any atom is -0.189 e. The van der Waals surface area contributed by atoms with Gasteiger partial charge in [-0.05, 0) is 12.7 Å². The maximum Gasteiger partial charge on any atom is 0.0240 e. The molecule has 0 heterocycles. The van der Waals surface area contributed by atoms with Crippen LogP contribution in [0, 0.1) is 0 Å². The van der Waals surface area contributed by atoms with Gasteiger partial charge in [-0.3, -0.25) is 0 Å². The van der Waals surface area contributed by atoms with E-state index in [1.807, 2.05) is 13.8 Å². The van der Waals surface area contributed by atoms with E-state index in [1.54, 1.807) is 6.26 Å². The van der Waals surface area contributed by atoms with E-state index in [2.05, 4.69) is 6.58 Å². The second-order valence-electron chi connectivity index (χ2n) is 2.69. The van der Waals surface area contributed by atoms with Crippen molar-refractivity contribution in [3.8, 4) is 0 Å². The predicted molar refractivity (Wildman–Crippen MR) is 49.5 cm³/mol. The molecule has 0 N–H and O–H groups in total. The van der Waals surface area contributed by atoms with Crippen LogP contribution >= 0.6 is 10.4 Å². The molecule has 0 aliphatic rings. The summed E-state index contributed by atoms with van der Waals surface area (Å²) in [6.45, 7) is 7.71. The minimum absolute atomic E-state index is 0.597. The van der Waals surface area contributed by atoms with Crippen molar-refractivity contribution in [2.45, 2.75) is 20.3 Å². The molecule has 0 amide bonds. The topological polar surface area (TPSA) is 0 Å². The van der Waals surface area contributed by atoms with Crippen LogP contribution in [0.25, 0.3) is 0 Å². The smallest absolute Gasteiger partial charge is 0.0240 e. The molecule has 10 heavy (non-hydrogen) atoms. The lowest BCUT2D eigenvalue weighted by Gasteiger charge is -2.24. The van der Waals surface area contributed by atoms with E-state index in [0.717, 1.165) is 12.0 Å². The highest BCUT2D eigenvalue weighted by Gasteiger charge is 2.13. The van der Waals surface area contributed by atoms with Crippen LogP contribution in [-0.2, 0) is 0 Å². The quantitative estimate of drug-likeness (QED) is 0.559. The highest BCUT2D eigenvalue weighted by Crippen LogP contribution is 2.46. The molecule has 0 bridgehead atoms. The number of hydrogen-bond donors (Lipinski definition) is 0. The second kappa shape index (κ2) is 4.02. The van der Waals surface area contributed by atoms with E-state index in [-0.39, 0.29) is 0 Å². The summed E-state index contributed by atoms with van der Waals surface area (Å²) in [6, 6.07) is 0. The fourth-order valence-electron chi connectivity index (χ4n) is 0.630. The van der Waals surface area contributed by atoms with Crippen LogP contribution in [0.3, 0.4) is 0 Å². The van der Waals surface area contributed by atoms with Crippen molar-refractivity contribution in [1.29, 1.82) is 0 Å². The van der Waals surface area contributed by atoms with Gasteiger partial charge in [0.15, 0.2) is 0 Å². The maximum atomic E-state index is 13.3. The van der Waals surface area contributed by atoms with Crippen LogP contribution in [-0.4, -0.2) is 17.8 Å². The number of halogens is 1. The van der Waals surface area contributed by atoms with Crippen molar-refractivity contribution in [1.82, 2.24) is 0 Å². The normalized spacial score (nSPS) is 19.6. The van der Waals surface area contributed by atoms with Crippen LogP contribution in [0.15, 0.2) is 12.2 Å². The first kappa shape index (κ1) is 10.0. The molecule has 0 aliphatic heterocycles. The lowest BCUT2D eigenvalue weighted by molar-refractivity contribution is 0.887. The zero-order valence-corrected chi connectivity index (χ0v) is 7.93. The van der Waals surface area contributed by atoms with E-state index >= 15 is 0 Å². The molecule has 0 saturated carbocycles. The van der Waals surface area contributed by atoms with Crippen LogP contribution in [0.1, 0.15) is 20.3 Å².